The van der Waals surface area contributed by atoms with Gasteiger partial charge in [0.05, 0.1) is 29.0 Å². The van der Waals surface area contributed by atoms with E-state index >= 15 is 0 Å². The summed E-state index contributed by atoms with van der Waals surface area (Å²) < 4.78 is 12.2. The summed E-state index contributed by atoms with van der Waals surface area (Å²) >= 11 is 2.28. The van der Waals surface area contributed by atoms with E-state index in [0.717, 1.165) is 32.7 Å². The Bertz CT molecular complexity index is 1200. The molecule has 0 saturated carbocycles. The van der Waals surface area contributed by atoms with Crippen LogP contribution in [0.15, 0.2) is 77.8 Å². The minimum Gasteiger partial charge on any atom is -0.493 e. The number of para-hydroxylation sites is 1. The van der Waals surface area contributed by atoms with Crippen molar-refractivity contribution in [2.75, 3.05) is 19.0 Å². The Morgan fingerprint density at radius 1 is 1.12 bits per heavy atom. The smallest absolute Gasteiger partial charge is 0.174 e. The van der Waals surface area contributed by atoms with Crippen LogP contribution in [0.3, 0.4) is 0 Å². The second-order valence-electron chi connectivity index (χ2n) is 8.38. The van der Waals surface area contributed by atoms with Crippen molar-refractivity contribution < 1.29 is 9.47 Å². The van der Waals surface area contributed by atoms with E-state index in [-0.39, 0.29) is 0 Å². The predicted octanol–water partition coefficient (Wildman–Crippen LogP) is 7.28. The van der Waals surface area contributed by atoms with E-state index in [9.17, 15) is 0 Å². The molecule has 0 amide bonds. The molecule has 1 N–H and O–H groups in total. The average molecular weight is 550 g/mol. The lowest BCUT2D eigenvalue weighted by Gasteiger charge is -2.37. The lowest BCUT2D eigenvalue weighted by molar-refractivity contribution is 0.308. The number of rotatable bonds is 6. The molecule has 0 bridgehead atoms. The van der Waals surface area contributed by atoms with E-state index in [4.69, 9.17) is 14.5 Å². The number of ether oxygens (including phenoxy) is 2. The number of anilines is 1. The number of methoxy groups -OCH3 is 1. The van der Waals surface area contributed by atoms with Crippen molar-refractivity contribution in [1.82, 2.24) is 0 Å². The van der Waals surface area contributed by atoms with Crippen LogP contribution in [-0.2, 0) is 0 Å². The molecule has 0 saturated heterocycles. The molecule has 3 aromatic rings. The number of hydrogen-bond donors (Lipinski definition) is 1. The summed E-state index contributed by atoms with van der Waals surface area (Å²) in [5.41, 5.74) is 5.87. The standard InChI is InChI=1S/C28H27IN2O2/c1-3-33-28-24(29)15-18(16-26(28)32-2)17-30-20-13-11-19(12-14-20)27-23-9-6-8-21(23)22-7-4-5-10-25(22)31-27/h4-8,10-17,21,23,27,31H,3,9H2,1-2H3/t21-,23-,27-/m0/s1. The molecule has 0 unspecified atom stereocenters. The van der Waals surface area contributed by atoms with Gasteiger partial charge >= 0.3 is 0 Å². The third-order valence-corrected chi connectivity index (χ3v) is 7.23. The first-order valence-corrected chi connectivity index (χ1v) is 12.4. The number of nitrogens with one attached hydrogen (secondary N) is 1. The number of allylic oxidation sites excluding steroid dienone is 2. The molecule has 1 aliphatic carbocycles. The van der Waals surface area contributed by atoms with Gasteiger partial charge in [0, 0.05) is 17.8 Å². The summed E-state index contributed by atoms with van der Waals surface area (Å²) in [6.45, 7) is 2.57. The molecule has 3 aromatic carbocycles. The highest BCUT2D eigenvalue weighted by Gasteiger charge is 2.37. The largest absolute Gasteiger partial charge is 0.493 e. The van der Waals surface area contributed by atoms with Crippen LogP contribution in [0.4, 0.5) is 11.4 Å². The fourth-order valence-electron chi connectivity index (χ4n) is 4.89. The van der Waals surface area contributed by atoms with Gasteiger partial charge in [-0.1, -0.05) is 42.5 Å². The molecule has 5 rings (SSSR count). The summed E-state index contributed by atoms with van der Waals surface area (Å²) in [5, 5.41) is 3.79. The van der Waals surface area contributed by atoms with E-state index in [1.54, 1.807) is 7.11 Å². The number of aliphatic imine (C=N–C) groups is 1. The lowest BCUT2D eigenvalue weighted by Crippen LogP contribution is -2.28. The van der Waals surface area contributed by atoms with E-state index in [1.165, 1.54) is 16.8 Å². The van der Waals surface area contributed by atoms with Gasteiger partial charge in [-0.2, -0.15) is 0 Å². The average Bonchev–Trinajstić information content (AvgIpc) is 3.34. The van der Waals surface area contributed by atoms with E-state index in [0.29, 0.717) is 24.5 Å². The molecule has 33 heavy (non-hydrogen) atoms. The molecule has 0 aromatic heterocycles. The first-order chi connectivity index (χ1) is 16.2. The molecule has 0 fully saturated rings. The Morgan fingerprint density at radius 2 is 1.94 bits per heavy atom. The predicted molar refractivity (Wildman–Crippen MR) is 143 cm³/mol. The Kier molecular flexibility index (Phi) is 6.40. The summed E-state index contributed by atoms with van der Waals surface area (Å²) in [7, 11) is 1.66. The number of fused-ring (bicyclic) bond motifs is 3. The molecular weight excluding hydrogens is 523 g/mol. The Hall–Kier alpha value is -2.80. The van der Waals surface area contributed by atoms with Crippen molar-refractivity contribution in [3.05, 3.63) is 93.1 Å². The summed E-state index contributed by atoms with van der Waals surface area (Å²) in [6.07, 6.45) is 7.69. The fraction of sp³-hybridized carbons (Fsp3) is 0.250. The van der Waals surface area contributed by atoms with Gasteiger partial charge in [-0.15, -0.1) is 0 Å². The van der Waals surface area contributed by atoms with Crippen LogP contribution in [0.5, 0.6) is 11.5 Å². The number of nitrogens with zero attached hydrogens (tertiary/aromatic N) is 1. The zero-order valence-electron chi connectivity index (χ0n) is 18.8. The van der Waals surface area contributed by atoms with Crippen LogP contribution < -0.4 is 14.8 Å². The Morgan fingerprint density at radius 3 is 2.73 bits per heavy atom. The van der Waals surface area contributed by atoms with Gasteiger partial charge in [-0.3, -0.25) is 4.99 Å². The van der Waals surface area contributed by atoms with Crippen LogP contribution in [0.1, 0.15) is 42.0 Å². The third-order valence-electron chi connectivity index (χ3n) is 6.43. The van der Waals surface area contributed by atoms with E-state index in [1.807, 2.05) is 19.2 Å². The first kappa shape index (κ1) is 22.0. The Balaban J connectivity index is 1.36. The van der Waals surface area contributed by atoms with Crippen molar-refractivity contribution in [2.45, 2.75) is 25.3 Å². The van der Waals surface area contributed by atoms with Gasteiger partial charge in [-0.25, -0.2) is 0 Å². The van der Waals surface area contributed by atoms with Crippen LogP contribution >= 0.6 is 22.6 Å². The molecule has 5 heteroatoms. The highest BCUT2D eigenvalue weighted by atomic mass is 127. The van der Waals surface area contributed by atoms with Crippen LogP contribution in [0.2, 0.25) is 0 Å². The van der Waals surface area contributed by atoms with Crippen molar-refractivity contribution in [3.8, 4) is 11.5 Å². The van der Waals surface area contributed by atoms with Gasteiger partial charge < -0.3 is 14.8 Å². The minimum atomic E-state index is 0.301. The third kappa shape index (κ3) is 4.38. The van der Waals surface area contributed by atoms with Crippen molar-refractivity contribution >= 4 is 40.2 Å². The van der Waals surface area contributed by atoms with Crippen molar-refractivity contribution in [1.29, 1.82) is 0 Å². The minimum absolute atomic E-state index is 0.301. The lowest BCUT2D eigenvalue weighted by atomic mass is 9.77. The molecule has 1 heterocycles. The fourth-order valence-corrected chi connectivity index (χ4v) is 5.67. The topological polar surface area (TPSA) is 42.8 Å². The summed E-state index contributed by atoms with van der Waals surface area (Å²) in [6, 6.07) is 21.6. The number of benzene rings is 3. The number of hydrogen-bond acceptors (Lipinski definition) is 4. The molecule has 3 atom stereocenters. The van der Waals surface area contributed by atoms with Gasteiger partial charge in [0.1, 0.15) is 0 Å². The van der Waals surface area contributed by atoms with E-state index in [2.05, 4.69) is 94.7 Å². The van der Waals surface area contributed by atoms with Crippen LogP contribution in [-0.4, -0.2) is 19.9 Å². The molecule has 0 spiro atoms. The van der Waals surface area contributed by atoms with Gasteiger partial charge in [0.15, 0.2) is 11.5 Å². The first-order valence-electron chi connectivity index (χ1n) is 11.3. The van der Waals surface area contributed by atoms with Crippen LogP contribution in [0, 0.1) is 9.49 Å². The molecular formula is C28H27IN2O2. The number of halogens is 1. The maximum atomic E-state index is 5.71. The molecule has 2 aliphatic rings. The second kappa shape index (κ2) is 9.59. The Labute approximate surface area is 208 Å². The zero-order chi connectivity index (χ0) is 22.8. The normalized spacial score (nSPS) is 20.9. The van der Waals surface area contributed by atoms with Crippen molar-refractivity contribution in [2.24, 2.45) is 10.9 Å². The SMILES string of the molecule is CCOc1c(I)cc(C=Nc2ccc([C@@H]3Nc4ccccc4[C@@H]4C=CC[C@@H]43)cc2)cc1OC. The van der Waals surface area contributed by atoms with Crippen LogP contribution in [0.25, 0.3) is 0 Å². The maximum absolute atomic E-state index is 5.71. The van der Waals surface area contributed by atoms with Crippen molar-refractivity contribution in [3.63, 3.8) is 0 Å². The molecule has 0 radical (unpaired) electrons. The zero-order valence-corrected chi connectivity index (χ0v) is 21.0. The molecule has 4 nitrogen and oxygen atoms in total. The highest BCUT2D eigenvalue weighted by molar-refractivity contribution is 14.1. The van der Waals surface area contributed by atoms with Gasteiger partial charge in [-0.05, 0) is 88.9 Å². The summed E-state index contributed by atoms with van der Waals surface area (Å²) in [4.78, 5) is 4.70. The quantitative estimate of drug-likeness (QED) is 0.199. The maximum Gasteiger partial charge on any atom is 0.174 e. The molecule has 1 aliphatic heterocycles. The van der Waals surface area contributed by atoms with Gasteiger partial charge in [0.2, 0.25) is 0 Å². The summed E-state index contributed by atoms with van der Waals surface area (Å²) in [5.74, 6) is 2.54. The molecule has 168 valence electrons. The highest BCUT2D eigenvalue weighted by Crippen LogP contribution is 2.49. The van der Waals surface area contributed by atoms with E-state index < -0.39 is 0 Å². The monoisotopic (exact) mass is 550 g/mol. The second-order valence-corrected chi connectivity index (χ2v) is 9.54. The van der Waals surface area contributed by atoms with Gasteiger partial charge in [0.25, 0.3) is 0 Å².